The van der Waals surface area contributed by atoms with Crippen molar-refractivity contribution in [2.24, 2.45) is 18.4 Å². The molecule has 1 N–H and O–H groups in total. The molecule has 1 saturated heterocycles. The van der Waals surface area contributed by atoms with E-state index in [0.717, 1.165) is 42.5 Å². The van der Waals surface area contributed by atoms with Crippen LogP contribution in [-0.4, -0.2) is 39.4 Å². The van der Waals surface area contributed by atoms with E-state index in [1.54, 1.807) is 6.20 Å². The molecule has 0 bridgehead atoms. The number of rotatable bonds is 4. The van der Waals surface area contributed by atoms with Crippen molar-refractivity contribution in [3.63, 3.8) is 0 Å². The number of nitrogens with zero attached hydrogens (tertiary/aromatic N) is 3. The standard InChI is InChI=1S/C28H34ClFN4O2/c1-16-23(32-26(35)20-13-19(29)7-8-22(20)30)14-31-25-24(16)21(15-33(25)6)18-9-11-34(12-10-18)27(36)17(2)28(3,4)5/h7-8,13-15,17-18H,9-12H2,1-6H3,(H,32,35)/t17-/m0/s1. The molecule has 1 aliphatic heterocycles. The van der Waals surface area contributed by atoms with E-state index >= 15 is 0 Å². The molecule has 3 heterocycles. The summed E-state index contributed by atoms with van der Waals surface area (Å²) in [6, 6.07) is 3.91. The largest absolute Gasteiger partial charge is 0.342 e. The molecule has 2 amide bonds. The van der Waals surface area contributed by atoms with E-state index in [1.807, 2.05) is 30.4 Å². The van der Waals surface area contributed by atoms with Gasteiger partial charge in [0.05, 0.1) is 17.4 Å². The fourth-order valence-corrected chi connectivity index (χ4v) is 5.06. The summed E-state index contributed by atoms with van der Waals surface area (Å²) >= 11 is 5.97. The third kappa shape index (κ3) is 4.99. The van der Waals surface area contributed by atoms with Crippen molar-refractivity contribution < 1.29 is 14.0 Å². The number of halogens is 2. The molecule has 0 saturated carbocycles. The fourth-order valence-electron chi connectivity index (χ4n) is 4.89. The number of aryl methyl sites for hydroxylation is 2. The second-order valence-corrected chi connectivity index (χ2v) is 11.4. The topological polar surface area (TPSA) is 67.2 Å². The van der Waals surface area contributed by atoms with Crippen molar-refractivity contribution in [1.82, 2.24) is 14.5 Å². The van der Waals surface area contributed by atoms with Crippen LogP contribution in [0.1, 0.15) is 67.9 Å². The Morgan fingerprint density at radius 2 is 1.89 bits per heavy atom. The second-order valence-electron chi connectivity index (χ2n) is 11.0. The van der Waals surface area contributed by atoms with Gasteiger partial charge in [0.1, 0.15) is 11.5 Å². The van der Waals surface area contributed by atoms with Gasteiger partial charge in [-0.15, -0.1) is 0 Å². The van der Waals surface area contributed by atoms with E-state index in [4.69, 9.17) is 11.6 Å². The zero-order valence-electron chi connectivity index (χ0n) is 21.8. The molecule has 192 valence electrons. The summed E-state index contributed by atoms with van der Waals surface area (Å²) in [6.45, 7) is 11.7. The maximum Gasteiger partial charge on any atom is 0.258 e. The molecule has 6 nitrogen and oxygen atoms in total. The van der Waals surface area contributed by atoms with E-state index in [2.05, 4.69) is 37.3 Å². The molecule has 3 aromatic rings. The van der Waals surface area contributed by atoms with E-state index in [1.165, 1.54) is 23.8 Å². The number of fused-ring (bicyclic) bond motifs is 1. The Morgan fingerprint density at radius 1 is 1.22 bits per heavy atom. The quantitative estimate of drug-likeness (QED) is 0.445. The van der Waals surface area contributed by atoms with Crippen LogP contribution in [-0.2, 0) is 11.8 Å². The number of amides is 2. The van der Waals surface area contributed by atoms with Crippen LogP contribution in [0, 0.1) is 24.1 Å². The first-order valence-corrected chi connectivity index (χ1v) is 12.8. The zero-order chi connectivity index (χ0) is 26.4. The van der Waals surface area contributed by atoms with Gasteiger partial charge in [0, 0.05) is 42.7 Å². The highest BCUT2D eigenvalue weighted by atomic mass is 35.5. The van der Waals surface area contributed by atoms with Gasteiger partial charge in [0.2, 0.25) is 5.91 Å². The first kappa shape index (κ1) is 26.1. The van der Waals surface area contributed by atoms with E-state index < -0.39 is 11.7 Å². The van der Waals surface area contributed by atoms with Crippen molar-refractivity contribution in [2.45, 2.75) is 53.4 Å². The van der Waals surface area contributed by atoms with Gasteiger partial charge in [-0.05, 0) is 60.4 Å². The summed E-state index contributed by atoms with van der Waals surface area (Å²) in [7, 11) is 1.96. The molecular weight excluding hydrogens is 479 g/mol. The number of benzene rings is 1. The predicted molar refractivity (Wildman–Crippen MR) is 142 cm³/mol. The molecule has 0 radical (unpaired) electrons. The highest BCUT2D eigenvalue weighted by Gasteiger charge is 2.33. The van der Waals surface area contributed by atoms with Crippen molar-refractivity contribution in [3.8, 4) is 0 Å². The number of carbonyl (C=O) groups is 2. The zero-order valence-corrected chi connectivity index (χ0v) is 22.5. The van der Waals surface area contributed by atoms with Gasteiger partial charge in [-0.2, -0.15) is 0 Å². The van der Waals surface area contributed by atoms with Gasteiger partial charge in [0.15, 0.2) is 0 Å². The van der Waals surface area contributed by atoms with Crippen LogP contribution in [0.3, 0.4) is 0 Å². The molecule has 0 unspecified atom stereocenters. The number of carbonyl (C=O) groups excluding carboxylic acids is 2. The lowest BCUT2D eigenvalue weighted by molar-refractivity contribution is -0.139. The Morgan fingerprint density at radius 3 is 2.53 bits per heavy atom. The lowest BCUT2D eigenvalue weighted by atomic mass is 9.80. The Hall–Kier alpha value is -2.93. The van der Waals surface area contributed by atoms with Crippen molar-refractivity contribution in [3.05, 3.63) is 58.1 Å². The Labute approximate surface area is 216 Å². The predicted octanol–water partition coefficient (Wildman–Crippen LogP) is 6.31. The highest BCUT2D eigenvalue weighted by Crippen LogP contribution is 2.38. The number of piperidine rings is 1. The summed E-state index contributed by atoms with van der Waals surface area (Å²) in [4.78, 5) is 32.4. The summed E-state index contributed by atoms with van der Waals surface area (Å²) in [5, 5.41) is 4.10. The van der Waals surface area contributed by atoms with E-state index in [9.17, 15) is 14.0 Å². The number of anilines is 1. The average molecular weight is 513 g/mol. The van der Waals surface area contributed by atoms with Gasteiger partial charge in [-0.3, -0.25) is 9.59 Å². The van der Waals surface area contributed by atoms with Gasteiger partial charge in [-0.1, -0.05) is 39.3 Å². The van der Waals surface area contributed by atoms with Crippen LogP contribution in [0.2, 0.25) is 5.02 Å². The van der Waals surface area contributed by atoms with Crippen LogP contribution in [0.4, 0.5) is 10.1 Å². The maximum absolute atomic E-state index is 14.2. The first-order valence-electron chi connectivity index (χ1n) is 12.4. The summed E-state index contributed by atoms with van der Waals surface area (Å²) in [5.74, 6) is -0.745. The lowest BCUT2D eigenvalue weighted by Gasteiger charge is -2.37. The van der Waals surface area contributed by atoms with E-state index in [-0.39, 0.29) is 28.7 Å². The molecule has 1 aromatic carbocycles. The number of nitrogens with one attached hydrogen (secondary N) is 1. The van der Waals surface area contributed by atoms with Gasteiger partial charge >= 0.3 is 0 Å². The van der Waals surface area contributed by atoms with Crippen LogP contribution in [0.25, 0.3) is 11.0 Å². The molecule has 4 rings (SSSR count). The number of pyridine rings is 1. The molecule has 2 aromatic heterocycles. The normalized spacial score (nSPS) is 15.8. The summed E-state index contributed by atoms with van der Waals surface area (Å²) < 4.78 is 16.2. The maximum atomic E-state index is 14.2. The SMILES string of the molecule is Cc1c(NC(=O)c2cc(Cl)ccc2F)cnc2c1c(C1CCN(C(=O)[C@H](C)C(C)(C)C)CC1)cn2C. The first-order chi connectivity index (χ1) is 16.9. The fraction of sp³-hybridized carbons (Fsp3) is 0.464. The second kappa shape index (κ2) is 9.85. The number of hydrogen-bond donors (Lipinski definition) is 1. The summed E-state index contributed by atoms with van der Waals surface area (Å²) in [5.41, 5.74) is 3.23. The number of hydrogen-bond acceptors (Lipinski definition) is 3. The third-order valence-corrected chi connectivity index (χ3v) is 7.85. The molecule has 1 atom stereocenters. The van der Waals surface area contributed by atoms with Crippen molar-refractivity contribution in [1.29, 1.82) is 0 Å². The molecule has 8 heteroatoms. The smallest absolute Gasteiger partial charge is 0.258 e. The van der Waals surface area contributed by atoms with Crippen LogP contribution < -0.4 is 5.32 Å². The number of likely N-dealkylation sites (tertiary alicyclic amines) is 1. The number of aromatic nitrogens is 2. The Bertz CT molecular complexity index is 1320. The minimum absolute atomic E-state index is 0.0337. The van der Waals surface area contributed by atoms with Crippen molar-refractivity contribution >= 4 is 40.1 Å². The molecule has 0 aliphatic carbocycles. The molecule has 1 aliphatic rings. The monoisotopic (exact) mass is 512 g/mol. The minimum Gasteiger partial charge on any atom is -0.342 e. The Balaban J connectivity index is 1.58. The average Bonchev–Trinajstić information content (AvgIpc) is 3.17. The van der Waals surface area contributed by atoms with Gasteiger partial charge in [-0.25, -0.2) is 9.37 Å². The molecule has 0 spiro atoms. The lowest BCUT2D eigenvalue weighted by Crippen LogP contribution is -2.43. The minimum atomic E-state index is -0.633. The third-order valence-electron chi connectivity index (χ3n) is 7.61. The van der Waals surface area contributed by atoms with Crippen LogP contribution in [0.15, 0.2) is 30.6 Å². The molecule has 36 heavy (non-hydrogen) atoms. The van der Waals surface area contributed by atoms with E-state index in [0.29, 0.717) is 10.7 Å². The van der Waals surface area contributed by atoms with Gasteiger partial charge < -0.3 is 14.8 Å². The highest BCUT2D eigenvalue weighted by molar-refractivity contribution is 6.31. The molecular formula is C28H34ClFN4O2. The van der Waals surface area contributed by atoms with Crippen LogP contribution >= 0.6 is 11.6 Å². The summed E-state index contributed by atoms with van der Waals surface area (Å²) in [6.07, 6.45) is 5.45. The Kier molecular flexibility index (Phi) is 7.15. The van der Waals surface area contributed by atoms with Gasteiger partial charge in [0.25, 0.3) is 5.91 Å². The van der Waals surface area contributed by atoms with Crippen molar-refractivity contribution in [2.75, 3.05) is 18.4 Å². The van der Waals surface area contributed by atoms with Crippen LogP contribution in [0.5, 0.6) is 0 Å². The molecule has 1 fully saturated rings.